The van der Waals surface area contributed by atoms with E-state index in [0.29, 0.717) is 32.4 Å². The Bertz CT molecular complexity index is 732. The summed E-state index contributed by atoms with van der Waals surface area (Å²) in [6, 6.07) is 21.0. The number of carbonyl (C=O) groups is 2. The summed E-state index contributed by atoms with van der Waals surface area (Å²) in [6.07, 6.45) is 2.52. The maximum absolute atomic E-state index is 12.6. The van der Waals surface area contributed by atoms with Crippen molar-refractivity contribution in [3.05, 3.63) is 71.8 Å². The molecule has 4 nitrogen and oxygen atoms in total. The second-order valence-corrected chi connectivity index (χ2v) is 7.52. The zero-order chi connectivity index (χ0) is 19.3. The molecule has 0 unspecified atom stereocenters. The first-order valence-electron chi connectivity index (χ1n) is 9.62. The molecule has 0 radical (unpaired) electrons. The Hall–Kier alpha value is -2.62. The molecule has 1 heterocycles. The maximum Gasteiger partial charge on any atom is 0.222 e. The molecule has 0 atom stereocenters. The fourth-order valence-electron chi connectivity index (χ4n) is 3.97. The van der Waals surface area contributed by atoms with Gasteiger partial charge in [0, 0.05) is 45.4 Å². The number of nitrogens with zero attached hydrogens (tertiary/aromatic N) is 2. The molecule has 4 heteroatoms. The molecule has 2 aromatic rings. The molecule has 1 aliphatic heterocycles. The molecule has 0 N–H and O–H groups in total. The van der Waals surface area contributed by atoms with Crippen LogP contribution >= 0.6 is 0 Å². The van der Waals surface area contributed by atoms with Crippen molar-refractivity contribution in [1.82, 2.24) is 9.80 Å². The van der Waals surface area contributed by atoms with Crippen LogP contribution in [0.15, 0.2) is 60.7 Å². The molecule has 1 fully saturated rings. The van der Waals surface area contributed by atoms with E-state index in [9.17, 15) is 9.59 Å². The van der Waals surface area contributed by atoms with Crippen molar-refractivity contribution in [2.75, 3.05) is 27.2 Å². The Morgan fingerprint density at radius 3 is 2.07 bits per heavy atom. The highest BCUT2D eigenvalue weighted by atomic mass is 16.2. The van der Waals surface area contributed by atoms with Crippen LogP contribution in [0.1, 0.15) is 36.8 Å². The van der Waals surface area contributed by atoms with Gasteiger partial charge in [0.2, 0.25) is 11.8 Å². The fraction of sp³-hybridized carbons (Fsp3) is 0.391. The summed E-state index contributed by atoms with van der Waals surface area (Å²) >= 11 is 0. The van der Waals surface area contributed by atoms with Crippen LogP contribution in [0.5, 0.6) is 0 Å². The quantitative estimate of drug-likeness (QED) is 0.788. The number of hydrogen-bond donors (Lipinski definition) is 0. The smallest absolute Gasteiger partial charge is 0.222 e. The minimum atomic E-state index is -0.192. The average molecular weight is 364 g/mol. The number of carbonyl (C=O) groups excluding carboxylic acids is 2. The third kappa shape index (κ3) is 4.21. The third-order valence-corrected chi connectivity index (χ3v) is 5.55. The number of amides is 2. The Labute approximate surface area is 161 Å². The Morgan fingerprint density at radius 1 is 1.00 bits per heavy atom. The number of benzene rings is 2. The molecule has 0 saturated carbocycles. The standard InChI is InChI=1S/C23H28N2O2/c1-24(2)21(26)14-9-17-25-18-23(16-15-22(25)27,19-10-5-3-6-11-19)20-12-7-4-8-13-20/h3-8,10-13H,9,14-18H2,1-2H3. The first-order valence-corrected chi connectivity index (χ1v) is 9.62. The maximum atomic E-state index is 12.6. The fourth-order valence-corrected chi connectivity index (χ4v) is 3.97. The van der Waals surface area contributed by atoms with E-state index in [1.54, 1.807) is 19.0 Å². The molecule has 0 aliphatic carbocycles. The minimum Gasteiger partial charge on any atom is -0.349 e. The van der Waals surface area contributed by atoms with Crippen LogP contribution in [0.3, 0.4) is 0 Å². The van der Waals surface area contributed by atoms with Crippen molar-refractivity contribution < 1.29 is 9.59 Å². The lowest BCUT2D eigenvalue weighted by molar-refractivity contribution is -0.136. The van der Waals surface area contributed by atoms with Gasteiger partial charge in [-0.2, -0.15) is 0 Å². The Balaban J connectivity index is 1.84. The zero-order valence-electron chi connectivity index (χ0n) is 16.2. The summed E-state index contributed by atoms with van der Waals surface area (Å²) < 4.78 is 0. The predicted octanol–water partition coefficient (Wildman–Crippen LogP) is 3.46. The van der Waals surface area contributed by atoms with Gasteiger partial charge in [-0.1, -0.05) is 60.7 Å². The normalized spacial score (nSPS) is 16.2. The van der Waals surface area contributed by atoms with E-state index in [-0.39, 0.29) is 17.2 Å². The molecule has 2 amide bonds. The largest absolute Gasteiger partial charge is 0.349 e. The molecule has 27 heavy (non-hydrogen) atoms. The van der Waals surface area contributed by atoms with Crippen LogP contribution in [0.2, 0.25) is 0 Å². The monoisotopic (exact) mass is 364 g/mol. The van der Waals surface area contributed by atoms with Gasteiger partial charge in [-0.25, -0.2) is 0 Å². The third-order valence-electron chi connectivity index (χ3n) is 5.55. The summed E-state index contributed by atoms with van der Waals surface area (Å²) in [5.41, 5.74) is 2.30. The van der Waals surface area contributed by atoms with Crippen molar-refractivity contribution in [3.8, 4) is 0 Å². The van der Waals surface area contributed by atoms with Crippen molar-refractivity contribution in [2.45, 2.75) is 31.1 Å². The van der Waals surface area contributed by atoms with Crippen molar-refractivity contribution in [1.29, 1.82) is 0 Å². The number of hydrogen-bond acceptors (Lipinski definition) is 2. The van der Waals surface area contributed by atoms with E-state index < -0.39 is 0 Å². The number of rotatable bonds is 6. The van der Waals surface area contributed by atoms with E-state index in [4.69, 9.17) is 0 Å². The van der Waals surface area contributed by atoms with E-state index >= 15 is 0 Å². The van der Waals surface area contributed by atoms with Gasteiger partial charge >= 0.3 is 0 Å². The average Bonchev–Trinajstić information content (AvgIpc) is 2.70. The van der Waals surface area contributed by atoms with E-state index in [1.165, 1.54) is 11.1 Å². The molecular weight excluding hydrogens is 336 g/mol. The number of piperidine rings is 1. The van der Waals surface area contributed by atoms with E-state index in [0.717, 1.165) is 6.42 Å². The van der Waals surface area contributed by atoms with Gasteiger partial charge in [-0.15, -0.1) is 0 Å². The highest BCUT2D eigenvalue weighted by molar-refractivity contribution is 5.78. The summed E-state index contributed by atoms with van der Waals surface area (Å²) in [6.45, 7) is 1.29. The first-order chi connectivity index (χ1) is 13.0. The van der Waals surface area contributed by atoms with Gasteiger partial charge < -0.3 is 9.80 Å². The lowest BCUT2D eigenvalue weighted by Crippen LogP contribution is -2.50. The van der Waals surface area contributed by atoms with Crippen LogP contribution in [0.4, 0.5) is 0 Å². The van der Waals surface area contributed by atoms with Gasteiger partial charge in [-0.05, 0) is 24.0 Å². The molecule has 2 aromatic carbocycles. The zero-order valence-corrected chi connectivity index (χ0v) is 16.2. The van der Waals surface area contributed by atoms with Crippen molar-refractivity contribution >= 4 is 11.8 Å². The van der Waals surface area contributed by atoms with E-state index in [1.807, 2.05) is 17.0 Å². The lowest BCUT2D eigenvalue weighted by Gasteiger charge is -2.43. The summed E-state index contributed by atoms with van der Waals surface area (Å²) in [7, 11) is 3.54. The number of likely N-dealkylation sites (tertiary alicyclic amines) is 1. The highest BCUT2D eigenvalue weighted by Gasteiger charge is 2.41. The molecule has 1 saturated heterocycles. The Morgan fingerprint density at radius 2 is 1.56 bits per heavy atom. The summed E-state index contributed by atoms with van der Waals surface area (Å²) in [4.78, 5) is 28.0. The van der Waals surface area contributed by atoms with E-state index in [2.05, 4.69) is 48.5 Å². The van der Waals surface area contributed by atoms with Crippen LogP contribution in [0, 0.1) is 0 Å². The van der Waals surface area contributed by atoms with Crippen molar-refractivity contribution in [3.63, 3.8) is 0 Å². The van der Waals surface area contributed by atoms with Gasteiger partial charge in [0.05, 0.1) is 0 Å². The lowest BCUT2D eigenvalue weighted by atomic mass is 9.69. The summed E-state index contributed by atoms with van der Waals surface area (Å²) in [5.74, 6) is 0.298. The predicted molar refractivity (Wildman–Crippen MR) is 107 cm³/mol. The van der Waals surface area contributed by atoms with Gasteiger partial charge in [0.1, 0.15) is 0 Å². The highest BCUT2D eigenvalue weighted by Crippen LogP contribution is 2.40. The van der Waals surface area contributed by atoms with Gasteiger partial charge in [0.15, 0.2) is 0 Å². The van der Waals surface area contributed by atoms with Crippen LogP contribution in [0.25, 0.3) is 0 Å². The summed E-state index contributed by atoms with van der Waals surface area (Å²) in [5, 5.41) is 0. The molecule has 1 aliphatic rings. The topological polar surface area (TPSA) is 40.6 Å². The van der Waals surface area contributed by atoms with Crippen LogP contribution in [-0.2, 0) is 15.0 Å². The second kappa shape index (κ2) is 8.38. The van der Waals surface area contributed by atoms with Crippen LogP contribution in [-0.4, -0.2) is 48.8 Å². The Kier molecular flexibility index (Phi) is 5.94. The molecule has 0 bridgehead atoms. The first kappa shape index (κ1) is 19.2. The molecule has 3 rings (SSSR count). The van der Waals surface area contributed by atoms with Gasteiger partial charge in [0.25, 0.3) is 0 Å². The van der Waals surface area contributed by atoms with Crippen LogP contribution < -0.4 is 0 Å². The van der Waals surface area contributed by atoms with Crippen molar-refractivity contribution in [2.24, 2.45) is 0 Å². The molecule has 0 aromatic heterocycles. The molecule has 142 valence electrons. The van der Waals surface area contributed by atoms with Gasteiger partial charge in [-0.3, -0.25) is 9.59 Å². The molecular formula is C23H28N2O2. The second-order valence-electron chi connectivity index (χ2n) is 7.52. The SMILES string of the molecule is CN(C)C(=O)CCCN1CC(c2ccccc2)(c2ccccc2)CCC1=O. The molecule has 0 spiro atoms. The minimum absolute atomic E-state index is 0.108.